The molecule has 3 aromatic rings. The van der Waals surface area contributed by atoms with Crippen LogP contribution >= 0.6 is 0 Å². The summed E-state index contributed by atoms with van der Waals surface area (Å²) in [6.07, 6.45) is 6.34. The van der Waals surface area contributed by atoms with Crippen molar-refractivity contribution in [1.82, 2.24) is 0 Å². The third kappa shape index (κ3) is 5.11. The molecule has 146 valence electrons. The van der Waals surface area contributed by atoms with Crippen molar-refractivity contribution < 1.29 is 5.11 Å². The van der Waals surface area contributed by atoms with E-state index in [-0.39, 0.29) is 6.61 Å². The molecule has 0 spiro atoms. The number of aryl methyl sites for hydroxylation is 3. The van der Waals surface area contributed by atoms with E-state index in [9.17, 15) is 0 Å². The number of aliphatic hydroxyl groups is 1. The van der Waals surface area contributed by atoms with Gasteiger partial charge in [0.15, 0.2) is 0 Å². The second kappa shape index (κ2) is 10.2. The van der Waals surface area contributed by atoms with Crippen LogP contribution in [0.15, 0.2) is 66.7 Å². The Bertz CT molecular complexity index is 860. The first-order valence-electron chi connectivity index (χ1n) is 10.7. The van der Waals surface area contributed by atoms with Crippen LogP contribution < -0.4 is 0 Å². The fourth-order valence-electron chi connectivity index (χ4n) is 3.81. The van der Waals surface area contributed by atoms with Crippen LogP contribution in [0, 0.1) is 0 Å². The quantitative estimate of drug-likeness (QED) is 0.407. The van der Waals surface area contributed by atoms with Crippen LogP contribution in [0.1, 0.15) is 49.8 Å². The maximum atomic E-state index is 8.98. The summed E-state index contributed by atoms with van der Waals surface area (Å²) in [7, 11) is 0. The highest BCUT2D eigenvalue weighted by Crippen LogP contribution is 2.29. The van der Waals surface area contributed by atoms with Crippen molar-refractivity contribution in [3.05, 3.63) is 83.4 Å². The van der Waals surface area contributed by atoms with Crippen LogP contribution in [0.5, 0.6) is 0 Å². The van der Waals surface area contributed by atoms with Crippen molar-refractivity contribution in [3.8, 4) is 22.3 Å². The molecule has 0 bridgehead atoms. The van der Waals surface area contributed by atoms with Gasteiger partial charge in [-0.25, -0.2) is 0 Å². The Kier molecular flexibility index (Phi) is 7.45. The lowest BCUT2D eigenvalue weighted by atomic mass is 9.93. The second-order valence-electron chi connectivity index (χ2n) is 7.55. The molecule has 0 atom stereocenters. The molecule has 3 rings (SSSR count). The zero-order valence-corrected chi connectivity index (χ0v) is 17.2. The van der Waals surface area contributed by atoms with Crippen LogP contribution in [0.3, 0.4) is 0 Å². The Labute approximate surface area is 170 Å². The van der Waals surface area contributed by atoms with Crippen LogP contribution in [0.25, 0.3) is 22.3 Å². The number of aliphatic hydroxyl groups excluding tert-OH is 1. The minimum atomic E-state index is 0.284. The summed E-state index contributed by atoms with van der Waals surface area (Å²) in [6.45, 7) is 4.73. The molecule has 0 radical (unpaired) electrons. The Morgan fingerprint density at radius 1 is 0.643 bits per heavy atom. The SMILES string of the molecule is CCCc1ccc(-c2ccc(-c3ccc(CCCCO)cc3CC)cc2)cc1. The highest BCUT2D eigenvalue weighted by molar-refractivity contribution is 5.72. The summed E-state index contributed by atoms with van der Waals surface area (Å²) in [4.78, 5) is 0. The zero-order chi connectivity index (χ0) is 19.8. The molecule has 1 N–H and O–H groups in total. The Morgan fingerprint density at radius 3 is 1.86 bits per heavy atom. The van der Waals surface area contributed by atoms with Gasteiger partial charge in [0.25, 0.3) is 0 Å². The standard InChI is InChI=1S/C27H32O/c1-3-7-21-9-12-24(13-10-21)25-14-16-26(17-15-25)27-18-11-22(8-5-6-19-28)20-23(27)4-2/h9-18,20,28H,3-8,19H2,1-2H3. The molecule has 3 aromatic carbocycles. The summed E-state index contributed by atoms with van der Waals surface area (Å²) < 4.78 is 0. The summed E-state index contributed by atoms with van der Waals surface area (Å²) in [6, 6.07) is 24.8. The van der Waals surface area contributed by atoms with Crippen molar-refractivity contribution in [2.24, 2.45) is 0 Å². The van der Waals surface area contributed by atoms with Crippen molar-refractivity contribution in [1.29, 1.82) is 0 Å². The number of hydrogen-bond donors (Lipinski definition) is 1. The second-order valence-corrected chi connectivity index (χ2v) is 7.55. The average molecular weight is 373 g/mol. The van der Waals surface area contributed by atoms with Crippen molar-refractivity contribution >= 4 is 0 Å². The van der Waals surface area contributed by atoms with Gasteiger partial charge in [-0.05, 0) is 71.0 Å². The largest absolute Gasteiger partial charge is 0.396 e. The first-order valence-corrected chi connectivity index (χ1v) is 10.7. The van der Waals surface area contributed by atoms with E-state index in [4.69, 9.17) is 5.11 Å². The molecule has 0 aliphatic rings. The third-order valence-electron chi connectivity index (χ3n) is 5.45. The Morgan fingerprint density at radius 2 is 1.25 bits per heavy atom. The predicted octanol–water partition coefficient (Wildman–Crippen LogP) is 6.85. The van der Waals surface area contributed by atoms with E-state index in [0.717, 1.165) is 32.1 Å². The molecule has 28 heavy (non-hydrogen) atoms. The van der Waals surface area contributed by atoms with Gasteiger partial charge in [-0.1, -0.05) is 87.0 Å². The van der Waals surface area contributed by atoms with Gasteiger partial charge >= 0.3 is 0 Å². The Balaban J connectivity index is 1.78. The van der Waals surface area contributed by atoms with E-state index in [1.54, 1.807) is 0 Å². The fraction of sp³-hybridized carbons (Fsp3) is 0.333. The van der Waals surface area contributed by atoms with E-state index in [1.807, 2.05) is 0 Å². The molecular formula is C27H32O. The molecule has 0 aliphatic carbocycles. The van der Waals surface area contributed by atoms with Crippen LogP contribution in [0.2, 0.25) is 0 Å². The maximum absolute atomic E-state index is 8.98. The maximum Gasteiger partial charge on any atom is 0.0431 e. The van der Waals surface area contributed by atoms with E-state index in [2.05, 4.69) is 80.6 Å². The van der Waals surface area contributed by atoms with E-state index >= 15 is 0 Å². The lowest BCUT2D eigenvalue weighted by molar-refractivity contribution is 0.284. The van der Waals surface area contributed by atoms with Gasteiger partial charge in [-0.3, -0.25) is 0 Å². The van der Waals surface area contributed by atoms with Crippen molar-refractivity contribution in [3.63, 3.8) is 0 Å². The molecule has 0 heterocycles. The van der Waals surface area contributed by atoms with Gasteiger partial charge in [0.05, 0.1) is 0 Å². The molecule has 0 aromatic heterocycles. The molecule has 0 saturated carbocycles. The summed E-state index contributed by atoms with van der Waals surface area (Å²) in [5.74, 6) is 0. The molecule has 0 unspecified atom stereocenters. The summed E-state index contributed by atoms with van der Waals surface area (Å²) >= 11 is 0. The smallest absolute Gasteiger partial charge is 0.0431 e. The fourth-order valence-corrected chi connectivity index (χ4v) is 3.81. The first-order chi connectivity index (χ1) is 13.7. The van der Waals surface area contributed by atoms with Gasteiger partial charge in [-0.2, -0.15) is 0 Å². The molecule has 0 saturated heterocycles. The highest BCUT2D eigenvalue weighted by Gasteiger charge is 2.07. The van der Waals surface area contributed by atoms with Gasteiger partial charge in [-0.15, -0.1) is 0 Å². The lowest BCUT2D eigenvalue weighted by Crippen LogP contribution is -1.94. The number of hydrogen-bond acceptors (Lipinski definition) is 1. The molecule has 0 aliphatic heterocycles. The number of rotatable bonds is 9. The van der Waals surface area contributed by atoms with Crippen LogP contribution in [0.4, 0.5) is 0 Å². The molecule has 1 nitrogen and oxygen atoms in total. The van der Waals surface area contributed by atoms with E-state index < -0.39 is 0 Å². The van der Waals surface area contributed by atoms with Crippen LogP contribution in [-0.4, -0.2) is 11.7 Å². The molecule has 1 heteroatoms. The molecule has 0 amide bonds. The first kappa shape index (κ1) is 20.4. The zero-order valence-electron chi connectivity index (χ0n) is 17.2. The van der Waals surface area contributed by atoms with Crippen LogP contribution in [-0.2, 0) is 19.3 Å². The topological polar surface area (TPSA) is 20.2 Å². The third-order valence-corrected chi connectivity index (χ3v) is 5.45. The lowest BCUT2D eigenvalue weighted by Gasteiger charge is -2.12. The minimum Gasteiger partial charge on any atom is -0.396 e. The van der Waals surface area contributed by atoms with Gasteiger partial charge < -0.3 is 5.11 Å². The van der Waals surface area contributed by atoms with Gasteiger partial charge in [0, 0.05) is 6.61 Å². The van der Waals surface area contributed by atoms with Gasteiger partial charge in [0.1, 0.15) is 0 Å². The van der Waals surface area contributed by atoms with Crippen molar-refractivity contribution in [2.75, 3.05) is 6.61 Å². The Hall–Kier alpha value is -2.38. The summed E-state index contributed by atoms with van der Waals surface area (Å²) in [5.41, 5.74) is 9.35. The number of unbranched alkanes of at least 4 members (excludes halogenated alkanes) is 1. The molecular weight excluding hydrogens is 340 g/mol. The monoisotopic (exact) mass is 372 g/mol. The number of benzene rings is 3. The normalized spacial score (nSPS) is 11.0. The molecule has 0 fully saturated rings. The summed E-state index contributed by atoms with van der Waals surface area (Å²) in [5, 5.41) is 8.98. The predicted molar refractivity (Wildman–Crippen MR) is 121 cm³/mol. The minimum absolute atomic E-state index is 0.284. The average Bonchev–Trinajstić information content (AvgIpc) is 2.75. The van der Waals surface area contributed by atoms with E-state index in [0.29, 0.717) is 0 Å². The highest BCUT2D eigenvalue weighted by atomic mass is 16.2. The van der Waals surface area contributed by atoms with E-state index in [1.165, 1.54) is 45.4 Å². The van der Waals surface area contributed by atoms with Gasteiger partial charge in [0.2, 0.25) is 0 Å². The van der Waals surface area contributed by atoms with Crippen molar-refractivity contribution in [2.45, 2.75) is 52.4 Å².